The Morgan fingerprint density at radius 1 is 1.06 bits per heavy atom. The minimum absolute atomic E-state index is 0.0111. The molecule has 7 nitrogen and oxygen atoms in total. The zero-order chi connectivity index (χ0) is 22.0. The lowest BCUT2D eigenvalue weighted by Crippen LogP contribution is -2.64. The van der Waals surface area contributed by atoms with Gasteiger partial charge in [0.1, 0.15) is 11.9 Å². The van der Waals surface area contributed by atoms with Crippen molar-refractivity contribution in [3.63, 3.8) is 0 Å². The van der Waals surface area contributed by atoms with E-state index in [0.717, 1.165) is 24.0 Å². The smallest absolute Gasteiger partial charge is 0.243 e. The third kappa shape index (κ3) is 4.32. The van der Waals surface area contributed by atoms with Crippen molar-refractivity contribution in [3.05, 3.63) is 71.3 Å². The Hall–Kier alpha value is -3.19. The molecule has 2 amide bonds. The molecule has 0 saturated carbocycles. The summed E-state index contributed by atoms with van der Waals surface area (Å²) in [6, 6.07) is 16.6. The van der Waals surface area contributed by atoms with Crippen LogP contribution in [0, 0.1) is 5.41 Å². The summed E-state index contributed by atoms with van der Waals surface area (Å²) >= 11 is 0. The standard InChI is InChI=1S/C24H29N5O2/c25-21(26)18-8-6-17(7-9-18)15-28-22(30)20-11-10-19-12-13-24(27,23(31)29(19)20)14-16-4-2-1-3-5-16/h1-9,19-20H,10-15,27H2,(H3,25,26)(H,28,30)/t19-,20-,24-/m0/s1. The van der Waals surface area contributed by atoms with E-state index in [9.17, 15) is 9.59 Å². The topological polar surface area (TPSA) is 125 Å². The molecule has 0 bridgehead atoms. The van der Waals surface area contributed by atoms with Crippen LogP contribution in [0.25, 0.3) is 0 Å². The molecule has 0 unspecified atom stereocenters. The van der Waals surface area contributed by atoms with E-state index in [4.69, 9.17) is 16.9 Å². The molecule has 2 aliphatic heterocycles. The second-order valence-corrected chi connectivity index (χ2v) is 8.64. The number of fused-ring (bicyclic) bond motifs is 1. The number of hydrogen-bond donors (Lipinski definition) is 4. The maximum absolute atomic E-state index is 13.4. The van der Waals surface area contributed by atoms with Gasteiger partial charge in [-0.25, -0.2) is 0 Å². The molecule has 6 N–H and O–H groups in total. The van der Waals surface area contributed by atoms with Crippen molar-refractivity contribution < 1.29 is 9.59 Å². The highest BCUT2D eigenvalue weighted by molar-refractivity contribution is 5.95. The van der Waals surface area contributed by atoms with Gasteiger partial charge in [-0.1, -0.05) is 54.6 Å². The highest BCUT2D eigenvalue weighted by atomic mass is 16.2. The molecule has 2 fully saturated rings. The molecule has 3 atom stereocenters. The lowest BCUT2D eigenvalue weighted by Gasteiger charge is -2.43. The maximum atomic E-state index is 13.4. The number of benzene rings is 2. The first-order chi connectivity index (χ1) is 14.9. The minimum atomic E-state index is -0.969. The molecule has 0 aromatic heterocycles. The summed E-state index contributed by atoms with van der Waals surface area (Å²) in [7, 11) is 0. The van der Waals surface area contributed by atoms with Crippen LogP contribution in [0.5, 0.6) is 0 Å². The second-order valence-electron chi connectivity index (χ2n) is 8.64. The van der Waals surface area contributed by atoms with E-state index in [1.54, 1.807) is 17.0 Å². The quantitative estimate of drug-likeness (QED) is 0.420. The number of nitrogens with one attached hydrogen (secondary N) is 2. The molecule has 0 aliphatic carbocycles. The third-order valence-electron chi connectivity index (χ3n) is 6.48. The van der Waals surface area contributed by atoms with Gasteiger partial charge in [-0.05, 0) is 43.2 Å². The van der Waals surface area contributed by atoms with Crippen molar-refractivity contribution in [1.29, 1.82) is 5.41 Å². The zero-order valence-corrected chi connectivity index (χ0v) is 17.5. The molecular formula is C24H29N5O2. The van der Waals surface area contributed by atoms with Crippen LogP contribution in [0.1, 0.15) is 42.4 Å². The fraction of sp³-hybridized carbons (Fsp3) is 0.375. The molecule has 31 heavy (non-hydrogen) atoms. The highest BCUT2D eigenvalue weighted by Crippen LogP contribution is 2.37. The lowest BCUT2D eigenvalue weighted by atomic mass is 9.81. The van der Waals surface area contributed by atoms with Crippen molar-refractivity contribution in [1.82, 2.24) is 10.2 Å². The Morgan fingerprint density at radius 2 is 1.77 bits per heavy atom. The van der Waals surface area contributed by atoms with Gasteiger partial charge < -0.3 is 21.7 Å². The molecule has 2 heterocycles. The largest absolute Gasteiger partial charge is 0.384 e. The SMILES string of the molecule is N=C(N)c1ccc(CNC(=O)[C@@H]2CC[C@H]3CC[C@](N)(Cc4ccccc4)C(=O)N32)cc1. The molecule has 2 aliphatic rings. The molecule has 2 aromatic carbocycles. The number of hydrogen-bond acceptors (Lipinski definition) is 4. The van der Waals surface area contributed by atoms with E-state index in [1.807, 2.05) is 42.5 Å². The Bertz CT molecular complexity index is 975. The van der Waals surface area contributed by atoms with E-state index in [0.29, 0.717) is 31.4 Å². The van der Waals surface area contributed by atoms with Crippen LogP contribution in [0.4, 0.5) is 0 Å². The summed E-state index contributed by atoms with van der Waals surface area (Å²) in [5.74, 6) is -0.247. The van der Waals surface area contributed by atoms with Gasteiger partial charge in [-0.2, -0.15) is 0 Å². The predicted molar refractivity (Wildman–Crippen MR) is 119 cm³/mol. The third-order valence-corrected chi connectivity index (χ3v) is 6.48. The number of piperidine rings is 1. The Labute approximate surface area is 182 Å². The zero-order valence-electron chi connectivity index (χ0n) is 17.5. The van der Waals surface area contributed by atoms with Crippen molar-refractivity contribution in [2.45, 2.75) is 56.3 Å². The summed E-state index contributed by atoms with van der Waals surface area (Å²) in [6.07, 6.45) is 3.43. The number of rotatable bonds is 6. The Balaban J connectivity index is 1.42. The number of carbonyl (C=O) groups is 2. The van der Waals surface area contributed by atoms with Crippen LogP contribution in [0.2, 0.25) is 0 Å². The van der Waals surface area contributed by atoms with Crippen molar-refractivity contribution in [2.24, 2.45) is 11.5 Å². The fourth-order valence-electron chi connectivity index (χ4n) is 4.75. The number of amidine groups is 1. The van der Waals surface area contributed by atoms with Gasteiger partial charge in [-0.15, -0.1) is 0 Å². The van der Waals surface area contributed by atoms with Crippen LogP contribution in [0.3, 0.4) is 0 Å². The Morgan fingerprint density at radius 3 is 2.45 bits per heavy atom. The monoisotopic (exact) mass is 419 g/mol. The molecule has 2 saturated heterocycles. The van der Waals surface area contributed by atoms with Gasteiger partial charge in [0.05, 0.1) is 5.54 Å². The summed E-state index contributed by atoms with van der Waals surface area (Å²) in [4.78, 5) is 28.1. The highest BCUT2D eigenvalue weighted by Gasteiger charge is 2.51. The number of nitrogen functional groups attached to an aromatic ring is 1. The lowest BCUT2D eigenvalue weighted by molar-refractivity contribution is -0.148. The van der Waals surface area contributed by atoms with E-state index in [-0.39, 0.29) is 23.7 Å². The molecule has 2 aromatic rings. The van der Waals surface area contributed by atoms with Crippen molar-refractivity contribution in [3.8, 4) is 0 Å². The summed E-state index contributed by atoms with van der Waals surface area (Å²) in [5.41, 5.74) is 13.7. The van der Waals surface area contributed by atoms with Gasteiger partial charge in [0, 0.05) is 18.2 Å². The van der Waals surface area contributed by atoms with Crippen LogP contribution >= 0.6 is 0 Å². The number of nitrogens with two attached hydrogens (primary N) is 2. The van der Waals surface area contributed by atoms with Gasteiger partial charge in [-0.3, -0.25) is 15.0 Å². The van der Waals surface area contributed by atoms with E-state index < -0.39 is 11.6 Å². The first-order valence-electron chi connectivity index (χ1n) is 10.7. The Kier molecular flexibility index (Phi) is 5.78. The first-order valence-corrected chi connectivity index (χ1v) is 10.7. The summed E-state index contributed by atoms with van der Waals surface area (Å²) in [6.45, 7) is 0.359. The van der Waals surface area contributed by atoms with E-state index >= 15 is 0 Å². The van der Waals surface area contributed by atoms with Crippen molar-refractivity contribution in [2.75, 3.05) is 0 Å². The molecule has 0 spiro atoms. The predicted octanol–water partition coefficient (Wildman–Crippen LogP) is 1.68. The molecule has 0 radical (unpaired) electrons. The van der Waals surface area contributed by atoms with Crippen LogP contribution < -0.4 is 16.8 Å². The van der Waals surface area contributed by atoms with Gasteiger partial charge in [0.15, 0.2) is 0 Å². The molecule has 162 valence electrons. The van der Waals surface area contributed by atoms with Gasteiger partial charge >= 0.3 is 0 Å². The van der Waals surface area contributed by atoms with E-state index in [1.165, 1.54) is 0 Å². The van der Waals surface area contributed by atoms with Crippen LogP contribution in [-0.4, -0.2) is 40.2 Å². The van der Waals surface area contributed by atoms with Crippen LogP contribution in [-0.2, 0) is 22.6 Å². The molecule has 4 rings (SSSR count). The average molecular weight is 420 g/mol. The van der Waals surface area contributed by atoms with Crippen LogP contribution in [0.15, 0.2) is 54.6 Å². The minimum Gasteiger partial charge on any atom is -0.384 e. The maximum Gasteiger partial charge on any atom is 0.243 e. The molecular weight excluding hydrogens is 390 g/mol. The number of amides is 2. The number of nitrogens with zero attached hydrogens (tertiary/aromatic N) is 1. The number of carbonyl (C=O) groups excluding carboxylic acids is 2. The summed E-state index contributed by atoms with van der Waals surface area (Å²) in [5, 5.41) is 10.4. The normalized spacial score (nSPS) is 25.2. The fourth-order valence-corrected chi connectivity index (χ4v) is 4.75. The van der Waals surface area contributed by atoms with Gasteiger partial charge in [0.2, 0.25) is 11.8 Å². The average Bonchev–Trinajstić information content (AvgIpc) is 3.20. The summed E-state index contributed by atoms with van der Waals surface area (Å²) < 4.78 is 0. The van der Waals surface area contributed by atoms with Crippen molar-refractivity contribution >= 4 is 17.6 Å². The second kappa shape index (κ2) is 8.51. The van der Waals surface area contributed by atoms with Gasteiger partial charge in [0.25, 0.3) is 0 Å². The molecule has 7 heteroatoms. The van der Waals surface area contributed by atoms with E-state index in [2.05, 4.69) is 5.32 Å². The first kappa shape index (κ1) is 21.1.